The Bertz CT molecular complexity index is 370. The van der Waals surface area contributed by atoms with Crippen molar-refractivity contribution >= 4 is 5.69 Å². The van der Waals surface area contributed by atoms with E-state index in [1.807, 2.05) is 32.0 Å². The number of hydrogen-bond acceptors (Lipinski definition) is 4. The molecule has 1 heterocycles. The molecule has 4 heteroatoms. The fourth-order valence-electron chi connectivity index (χ4n) is 2.21. The number of nitrogens with zero attached hydrogens (tertiary/aromatic N) is 2. The molecule has 0 fully saturated rings. The summed E-state index contributed by atoms with van der Waals surface area (Å²) in [6, 6.07) is 4.44. The number of aliphatic hydroxyl groups is 1. The minimum absolute atomic E-state index is 0.318. The van der Waals surface area contributed by atoms with Crippen molar-refractivity contribution in [2.45, 2.75) is 45.8 Å². The van der Waals surface area contributed by atoms with E-state index in [1.165, 1.54) is 0 Å². The van der Waals surface area contributed by atoms with Crippen molar-refractivity contribution in [3.63, 3.8) is 0 Å². The molecule has 19 heavy (non-hydrogen) atoms. The second-order valence-corrected chi connectivity index (χ2v) is 5.63. The summed E-state index contributed by atoms with van der Waals surface area (Å²) in [6.07, 6.45) is 2.90. The average Bonchev–Trinajstić information content (AvgIpc) is 2.34. The molecular formula is C15H27N3O. The summed E-state index contributed by atoms with van der Waals surface area (Å²) in [7, 11) is 1.97. The Morgan fingerprint density at radius 2 is 2.05 bits per heavy atom. The fraction of sp³-hybridized carbons (Fsp3) is 0.667. The lowest BCUT2D eigenvalue weighted by Crippen LogP contribution is -2.36. The third-order valence-electron chi connectivity index (χ3n) is 3.05. The van der Waals surface area contributed by atoms with E-state index < -0.39 is 5.60 Å². The number of anilines is 1. The van der Waals surface area contributed by atoms with Gasteiger partial charge in [-0.3, -0.25) is 4.98 Å². The zero-order valence-corrected chi connectivity index (χ0v) is 12.8. The second-order valence-electron chi connectivity index (χ2n) is 5.63. The van der Waals surface area contributed by atoms with Crippen LogP contribution in [0.1, 0.15) is 45.9 Å². The van der Waals surface area contributed by atoms with E-state index in [0.717, 1.165) is 24.3 Å². The van der Waals surface area contributed by atoms with Crippen LogP contribution in [-0.4, -0.2) is 35.8 Å². The first kappa shape index (κ1) is 15.9. The van der Waals surface area contributed by atoms with Gasteiger partial charge in [0.1, 0.15) is 0 Å². The van der Waals surface area contributed by atoms with E-state index in [9.17, 15) is 5.11 Å². The number of rotatable bonds is 7. The molecule has 0 saturated carbocycles. The quantitative estimate of drug-likeness (QED) is 0.794. The van der Waals surface area contributed by atoms with E-state index in [-0.39, 0.29) is 0 Å². The fourth-order valence-corrected chi connectivity index (χ4v) is 2.21. The van der Waals surface area contributed by atoms with E-state index in [2.05, 4.69) is 36.3 Å². The molecule has 1 atom stereocenters. The topological polar surface area (TPSA) is 48.4 Å². The Labute approximate surface area is 116 Å². The zero-order chi connectivity index (χ0) is 14.5. The van der Waals surface area contributed by atoms with Crippen molar-refractivity contribution in [3.05, 3.63) is 24.0 Å². The summed E-state index contributed by atoms with van der Waals surface area (Å²) >= 11 is 0. The first-order chi connectivity index (χ1) is 8.87. The first-order valence-electron chi connectivity index (χ1n) is 7.00. The third-order valence-corrected chi connectivity index (χ3v) is 3.05. The van der Waals surface area contributed by atoms with Gasteiger partial charge in [0.25, 0.3) is 0 Å². The molecule has 0 aliphatic rings. The van der Waals surface area contributed by atoms with Crippen LogP contribution in [0.4, 0.5) is 5.69 Å². The van der Waals surface area contributed by atoms with E-state index in [0.29, 0.717) is 12.6 Å². The predicted octanol–water partition coefficient (Wildman–Crippen LogP) is 2.35. The maximum absolute atomic E-state index is 9.83. The number of likely N-dealkylation sites (N-methyl/N-ethyl adjacent to an activating group) is 1. The van der Waals surface area contributed by atoms with Gasteiger partial charge in [0.2, 0.25) is 0 Å². The Morgan fingerprint density at radius 3 is 2.47 bits per heavy atom. The smallest absolute Gasteiger partial charge is 0.0765 e. The summed E-state index contributed by atoms with van der Waals surface area (Å²) in [5.41, 5.74) is 1.39. The molecule has 0 spiro atoms. The highest BCUT2D eigenvalue weighted by Crippen LogP contribution is 2.19. The molecule has 0 bridgehead atoms. The third kappa shape index (κ3) is 5.17. The Kier molecular flexibility index (Phi) is 5.76. The Hall–Kier alpha value is -1.13. The van der Waals surface area contributed by atoms with E-state index >= 15 is 0 Å². The Morgan fingerprint density at radius 1 is 1.37 bits per heavy atom. The molecular weight excluding hydrogens is 238 g/mol. The molecule has 0 aliphatic carbocycles. The van der Waals surface area contributed by atoms with Crippen LogP contribution in [-0.2, 0) is 0 Å². The van der Waals surface area contributed by atoms with Gasteiger partial charge >= 0.3 is 0 Å². The van der Waals surface area contributed by atoms with Crippen molar-refractivity contribution in [1.82, 2.24) is 10.3 Å². The monoisotopic (exact) mass is 265 g/mol. The van der Waals surface area contributed by atoms with E-state index in [4.69, 9.17) is 0 Å². The van der Waals surface area contributed by atoms with Crippen molar-refractivity contribution in [2.75, 3.05) is 25.0 Å². The van der Waals surface area contributed by atoms with Gasteiger partial charge in [-0.1, -0.05) is 13.8 Å². The van der Waals surface area contributed by atoms with Gasteiger partial charge in [-0.2, -0.15) is 0 Å². The van der Waals surface area contributed by atoms with Gasteiger partial charge in [-0.25, -0.2) is 0 Å². The summed E-state index contributed by atoms with van der Waals surface area (Å²) in [4.78, 5) is 6.55. The second kappa shape index (κ2) is 6.87. The van der Waals surface area contributed by atoms with Gasteiger partial charge in [-0.15, -0.1) is 0 Å². The number of pyridine rings is 1. The molecule has 0 aromatic carbocycles. The molecule has 2 N–H and O–H groups in total. The lowest BCUT2D eigenvalue weighted by molar-refractivity contribution is 0.0886. The van der Waals surface area contributed by atoms with Gasteiger partial charge in [0, 0.05) is 19.6 Å². The molecule has 0 aliphatic heterocycles. The highest BCUT2D eigenvalue weighted by Gasteiger charge is 2.16. The summed E-state index contributed by atoms with van der Waals surface area (Å²) in [5, 5.41) is 13.2. The normalized spacial score (nSPS) is 13.4. The van der Waals surface area contributed by atoms with Gasteiger partial charge < -0.3 is 15.3 Å². The maximum Gasteiger partial charge on any atom is 0.0765 e. The highest BCUT2D eigenvalue weighted by atomic mass is 16.3. The van der Waals surface area contributed by atoms with Crippen LogP contribution in [0.25, 0.3) is 0 Å². The molecule has 0 radical (unpaired) electrons. The molecule has 4 nitrogen and oxygen atoms in total. The van der Waals surface area contributed by atoms with Crippen LogP contribution in [0, 0.1) is 0 Å². The van der Waals surface area contributed by atoms with Crippen LogP contribution in [0.15, 0.2) is 18.3 Å². The SMILES string of the molecule is CCNC(CC)c1ccc(N(C)CC(C)(C)O)cn1. The maximum atomic E-state index is 9.83. The van der Waals surface area contributed by atoms with Crippen LogP contribution < -0.4 is 10.2 Å². The molecule has 108 valence electrons. The Balaban J connectivity index is 2.75. The molecule has 1 rings (SSSR count). The van der Waals surface area contributed by atoms with Crippen LogP contribution in [0.3, 0.4) is 0 Å². The first-order valence-corrected chi connectivity index (χ1v) is 7.00. The average molecular weight is 265 g/mol. The van der Waals surface area contributed by atoms with Crippen molar-refractivity contribution in [3.8, 4) is 0 Å². The number of nitrogens with one attached hydrogen (secondary N) is 1. The lowest BCUT2D eigenvalue weighted by Gasteiger charge is -2.27. The summed E-state index contributed by atoms with van der Waals surface area (Å²) in [5.74, 6) is 0. The largest absolute Gasteiger partial charge is 0.389 e. The van der Waals surface area contributed by atoms with Gasteiger partial charge in [-0.05, 0) is 38.9 Å². The minimum atomic E-state index is -0.705. The summed E-state index contributed by atoms with van der Waals surface area (Å²) < 4.78 is 0. The standard InChI is InChI=1S/C15H27N3O/c1-6-13(16-7-2)14-9-8-12(10-17-14)18(5)11-15(3,4)19/h8-10,13,16,19H,6-7,11H2,1-5H3. The van der Waals surface area contributed by atoms with Gasteiger partial charge in [0.05, 0.1) is 23.2 Å². The molecule has 0 saturated heterocycles. The van der Waals surface area contributed by atoms with Crippen LogP contribution in [0.5, 0.6) is 0 Å². The molecule has 1 aromatic heterocycles. The van der Waals surface area contributed by atoms with Crippen molar-refractivity contribution in [2.24, 2.45) is 0 Å². The number of aromatic nitrogens is 1. The molecule has 1 aromatic rings. The summed E-state index contributed by atoms with van der Waals surface area (Å²) in [6.45, 7) is 9.41. The number of hydrogen-bond donors (Lipinski definition) is 2. The molecule has 1 unspecified atom stereocenters. The molecule has 0 amide bonds. The van der Waals surface area contributed by atoms with Crippen LogP contribution >= 0.6 is 0 Å². The van der Waals surface area contributed by atoms with Crippen LogP contribution in [0.2, 0.25) is 0 Å². The van der Waals surface area contributed by atoms with Crippen molar-refractivity contribution < 1.29 is 5.11 Å². The van der Waals surface area contributed by atoms with Crippen molar-refractivity contribution in [1.29, 1.82) is 0 Å². The minimum Gasteiger partial charge on any atom is -0.389 e. The lowest BCUT2D eigenvalue weighted by atomic mass is 10.1. The van der Waals surface area contributed by atoms with Gasteiger partial charge in [0.15, 0.2) is 0 Å². The predicted molar refractivity (Wildman–Crippen MR) is 80.5 cm³/mol. The zero-order valence-electron chi connectivity index (χ0n) is 12.8. The highest BCUT2D eigenvalue weighted by molar-refractivity contribution is 5.44. The van der Waals surface area contributed by atoms with E-state index in [1.54, 1.807) is 0 Å².